The van der Waals surface area contributed by atoms with Gasteiger partial charge in [0.1, 0.15) is 5.82 Å². The average Bonchev–Trinajstić information content (AvgIpc) is 2.43. The van der Waals surface area contributed by atoms with Crippen LogP contribution in [-0.2, 0) is 9.53 Å². The third-order valence-corrected chi connectivity index (χ3v) is 1.83. The minimum atomic E-state index is 0.431. The fraction of sp³-hybridized carbons (Fsp3) is 0.154. The monoisotopic (exact) mass is 245 g/mol. The maximum absolute atomic E-state index is 9.18. The van der Waals surface area contributed by atoms with Crippen LogP contribution in [0.1, 0.15) is 6.92 Å². The zero-order chi connectivity index (χ0) is 13.1. The lowest BCUT2D eigenvalue weighted by atomic mass is 10.4. The number of nitrogens with one attached hydrogen (secondary N) is 1. The summed E-state index contributed by atoms with van der Waals surface area (Å²) in [5.41, 5.74) is 0.946. The van der Waals surface area contributed by atoms with E-state index in [2.05, 4.69) is 20.0 Å². The van der Waals surface area contributed by atoms with Crippen LogP contribution in [0, 0.1) is 0 Å². The number of nitrogens with zero attached hydrogens (tertiary/aromatic N) is 2. The molecule has 0 spiro atoms. The summed E-state index contributed by atoms with van der Waals surface area (Å²) in [6, 6.07) is 9.56. The lowest BCUT2D eigenvalue weighted by Gasteiger charge is -2.02. The van der Waals surface area contributed by atoms with Gasteiger partial charge >= 0.3 is 0 Å². The zero-order valence-electron chi connectivity index (χ0n) is 10.1. The molecule has 0 aliphatic carbocycles. The maximum Gasteiger partial charge on any atom is 0.293 e. The van der Waals surface area contributed by atoms with Gasteiger partial charge in [-0.2, -0.15) is 0 Å². The molecule has 1 N–H and O–H groups in total. The topological polar surface area (TPSA) is 64.1 Å². The summed E-state index contributed by atoms with van der Waals surface area (Å²) in [5.74, 6) is 0.829. The van der Waals surface area contributed by atoms with Crippen molar-refractivity contribution in [1.82, 2.24) is 9.97 Å². The highest BCUT2D eigenvalue weighted by Crippen LogP contribution is 2.10. The summed E-state index contributed by atoms with van der Waals surface area (Å²) in [6.45, 7) is 2.66. The first kappa shape index (κ1) is 13.6. The van der Waals surface area contributed by atoms with Crippen molar-refractivity contribution in [3.63, 3.8) is 0 Å². The number of hydrogen-bond donors (Lipinski definition) is 1. The molecule has 2 aromatic heterocycles. The highest BCUT2D eigenvalue weighted by Gasteiger charge is 1.91. The van der Waals surface area contributed by atoms with E-state index in [-0.39, 0.29) is 0 Å². The Balaban J connectivity index is 0.000000280. The van der Waals surface area contributed by atoms with Gasteiger partial charge in [-0.1, -0.05) is 6.07 Å². The molecule has 5 nitrogen and oxygen atoms in total. The van der Waals surface area contributed by atoms with E-state index in [0.29, 0.717) is 13.1 Å². The summed E-state index contributed by atoms with van der Waals surface area (Å²) in [5, 5.41) is 3.13. The second kappa shape index (κ2) is 8.69. The zero-order valence-corrected chi connectivity index (χ0v) is 10.1. The molecule has 0 unspecified atom stereocenters. The minimum Gasteiger partial charge on any atom is -0.468 e. The Morgan fingerprint density at radius 3 is 2.67 bits per heavy atom. The van der Waals surface area contributed by atoms with Gasteiger partial charge in [0.05, 0.1) is 18.5 Å². The molecule has 0 saturated carbocycles. The number of aromatic nitrogens is 2. The van der Waals surface area contributed by atoms with Crippen molar-refractivity contribution in [1.29, 1.82) is 0 Å². The van der Waals surface area contributed by atoms with E-state index in [4.69, 9.17) is 0 Å². The second-order valence-corrected chi connectivity index (χ2v) is 3.13. The van der Waals surface area contributed by atoms with Crippen LogP contribution in [-0.4, -0.2) is 23.0 Å². The smallest absolute Gasteiger partial charge is 0.293 e. The molecule has 5 heteroatoms. The lowest BCUT2D eigenvalue weighted by Crippen LogP contribution is -1.92. The fourth-order valence-electron chi connectivity index (χ4n) is 1.09. The van der Waals surface area contributed by atoms with Crippen LogP contribution < -0.4 is 5.32 Å². The molecule has 2 rings (SSSR count). The molecule has 18 heavy (non-hydrogen) atoms. The molecule has 0 aliphatic heterocycles. The van der Waals surface area contributed by atoms with E-state index >= 15 is 0 Å². The SMILES string of the molecule is CCOC=O.c1ccc(Nc2cccnc2)nc1. The Hall–Kier alpha value is -2.43. The summed E-state index contributed by atoms with van der Waals surface area (Å²) in [6.07, 6.45) is 5.25. The molecule has 2 heterocycles. The van der Waals surface area contributed by atoms with Gasteiger partial charge in [-0.25, -0.2) is 4.98 Å². The third-order valence-electron chi connectivity index (χ3n) is 1.83. The largest absolute Gasteiger partial charge is 0.468 e. The van der Waals surface area contributed by atoms with Gasteiger partial charge < -0.3 is 10.1 Å². The maximum atomic E-state index is 9.18. The van der Waals surface area contributed by atoms with Crippen molar-refractivity contribution in [3.05, 3.63) is 48.9 Å². The van der Waals surface area contributed by atoms with Gasteiger partial charge in [0.15, 0.2) is 0 Å². The van der Waals surface area contributed by atoms with Crippen molar-refractivity contribution < 1.29 is 9.53 Å². The fourth-order valence-corrected chi connectivity index (χ4v) is 1.09. The van der Waals surface area contributed by atoms with Crippen LogP contribution in [0.3, 0.4) is 0 Å². The summed E-state index contributed by atoms with van der Waals surface area (Å²) >= 11 is 0. The predicted octanol–water partition coefficient (Wildman–Crippen LogP) is 2.40. The molecule has 0 fully saturated rings. The Kier molecular flexibility index (Phi) is 6.58. The molecule has 0 atom stereocenters. The van der Waals surface area contributed by atoms with Gasteiger partial charge in [0.25, 0.3) is 6.47 Å². The number of rotatable bonds is 4. The van der Waals surface area contributed by atoms with Crippen LogP contribution in [0.2, 0.25) is 0 Å². The molecule has 0 aliphatic rings. The molecule has 0 aromatic carbocycles. The first-order valence-corrected chi connectivity index (χ1v) is 5.50. The average molecular weight is 245 g/mol. The van der Waals surface area contributed by atoms with E-state index in [1.165, 1.54) is 0 Å². The van der Waals surface area contributed by atoms with Crippen molar-refractivity contribution >= 4 is 18.0 Å². The molecule has 2 aromatic rings. The Morgan fingerprint density at radius 1 is 1.28 bits per heavy atom. The quantitative estimate of drug-likeness (QED) is 0.838. The number of anilines is 2. The molecular weight excluding hydrogens is 230 g/mol. The minimum absolute atomic E-state index is 0.431. The highest BCUT2D eigenvalue weighted by atomic mass is 16.5. The van der Waals surface area contributed by atoms with Crippen LogP contribution in [0.4, 0.5) is 11.5 Å². The summed E-state index contributed by atoms with van der Waals surface area (Å²) < 4.78 is 4.15. The van der Waals surface area contributed by atoms with Gasteiger partial charge in [-0.05, 0) is 31.2 Å². The van der Waals surface area contributed by atoms with Gasteiger partial charge in [-0.15, -0.1) is 0 Å². The van der Waals surface area contributed by atoms with Crippen molar-refractivity contribution in [3.8, 4) is 0 Å². The number of ether oxygens (including phenoxy) is 1. The van der Waals surface area contributed by atoms with Crippen LogP contribution >= 0.6 is 0 Å². The molecule has 0 amide bonds. The standard InChI is InChI=1S/C10H9N3.C3H6O2/c1-2-7-12-10(5-1)13-9-4-3-6-11-8-9;1-2-5-3-4/h1-8H,(H,12,13);3H,2H2,1H3. The first-order chi connectivity index (χ1) is 8.86. The van der Waals surface area contributed by atoms with Gasteiger partial charge in [-0.3, -0.25) is 9.78 Å². The molecule has 0 saturated heterocycles. The van der Waals surface area contributed by atoms with Crippen LogP contribution in [0.15, 0.2) is 48.9 Å². The van der Waals surface area contributed by atoms with Crippen molar-refractivity contribution in [2.24, 2.45) is 0 Å². The van der Waals surface area contributed by atoms with Crippen molar-refractivity contribution in [2.45, 2.75) is 6.92 Å². The summed E-state index contributed by atoms with van der Waals surface area (Å²) in [7, 11) is 0. The normalized spacial score (nSPS) is 8.72. The Labute approximate surface area is 106 Å². The van der Waals surface area contributed by atoms with Crippen LogP contribution in [0.5, 0.6) is 0 Å². The summed E-state index contributed by atoms with van der Waals surface area (Å²) in [4.78, 5) is 17.3. The van der Waals surface area contributed by atoms with E-state index in [1.54, 1.807) is 25.5 Å². The number of pyridine rings is 2. The predicted molar refractivity (Wildman–Crippen MR) is 69.4 cm³/mol. The molecule has 0 bridgehead atoms. The van der Waals surface area contributed by atoms with E-state index in [0.717, 1.165) is 11.5 Å². The van der Waals surface area contributed by atoms with E-state index < -0.39 is 0 Å². The second-order valence-electron chi connectivity index (χ2n) is 3.13. The third kappa shape index (κ3) is 5.60. The van der Waals surface area contributed by atoms with Gasteiger partial charge in [0, 0.05) is 12.4 Å². The lowest BCUT2D eigenvalue weighted by molar-refractivity contribution is -0.128. The first-order valence-electron chi connectivity index (χ1n) is 5.50. The Morgan fingerprint density at radius 2 is 2.17 bits per heavy atom. The number of carbonyl (C=O) groups is 1. The molecule has 0 radical (unpaired) electrons. The van der Waals surface area contributed by atoms with Crippen molar-refractivity contribution in [2.75, 3.05) is 11.9 Å². The number of hydrogen-bond acceptors (Lipinski definition) is 5. The number of carbonyl (C=O) groups excluding carboxylic acids is 1. The van der Waals surface area contributed by atoms with Crippen LogP contribution in [0.25, 0.3) is 0 Å². The Bertz CT molecular complexity index is 397. The van der Waals surface area contributed by atoms with E-state index in [1.807, 2.05) is 30.3 Å². The van der Waals surface area contributed by atoms with Gasteiger partial charge in [0.2, 0.25) is 0 Å². The highest BCUT2D eigenvalue weighted by molar-refractivity contribution is 5.53. The molecule has 94 valence electrons. The van der Waals surface area contributed by atoms with E-state index in [9.17, 15) is 4.79 Å². The molecular formula is C13H15N3O2.